The molecule has 3 N–H and O–H groups in total. The first-order valence-electron chi connectivity index (χ1n) is 6.01. The number of rotatable bonds is 6. The summed E-state index contributed by atoms with van der Waals surface area (Å²) in [5.41, 5.74) is 7.41. The molecule has 0 fully saturated rings. The fourth-order valence-electron chi connectivity index (χ4n) is 2.03. The summed E-state index contributed by atoms with van der Waals surface area (Å²) in [6, 6.07) is 1.87. The highest BCUT2D eigenvalue weighted by Crippen LogP contribution is 2.20. The van der Waals surface area contributed by atoms with Gasteiger partial charge in [0.15, 0.2) is 0 Å². The number of thiophene rings is 1. The van der Waals surface area contributed by atoms with Gasteiger partial charge in [-0.25, -0.2) is 0 Å². The molecule has 17 heavy (non-hydrogen) atoms. The number of amides is 1. The molecule has 92 valence electrons. The van der Waals surface area contributed by atoms with E-state index in [-0.39, 0.29) is 5.91 Å². The number of allylic oxidation sites excluding steroid dienone is 1. The van der Waals surface area contributed by atoms with Crippen LogP contribution < -0.4 is 11.1 Å². The van der Waals surface area contributed by atoms with E-state index in [0.29, 0.717) is 5.56 Å². The highest BCUT2D eigenvalue weighted by atomic mass is 32.1. The van der Waals surface area contributed by atoms with Crippen LogP contribution in [0.2, 0.25) is 0 Å². The summed E-state index contributed by atoms with van der Waals surface area (Å²) in [7, 11) is 0. The molecule has 0 aliphatic heterocycles. The Bertz CT molecular complexity index is 423. The van der Waals surface area contributed by atoms with Crippen LogP contribution in [0.15, 0.2) is 23.1 Å². The van der Waals surface area contributed by atoms with Crippen LogP contribution in [0.4, 0.5) is 0 Å². The third kappa shape index (κ3) is 3.68. The molecule has 0 spiro atoms. The number of nitrogens with one attached hydrogen (secondary N) is 1. The molecular weight excluding hydrogens is 232 g/mol. The van der Waals surface area contributed by atoms with Gasteiger partial charge in [0.1, 0.15) is 0 Å². The topological polar surface area (TPSA) is 55.1 Å². The lowest BCUT2D eigenvalue weighted by molar-refractivity contribution is 0.100. The van der Waals surface area contributed by atoms with Gasteiger partial charge >= 0.3 is 0 Å². The highest BCUT2D eigenvalue weighted by Gasteiger charge is 2.05. The van der Waals surface area contributed by atoms with Crippen LogP contribution in [-0.4, -0.2) is 12.5 Å². The van der Waals surface area contributed by atoms with Crippen LogP contribution in [0, 0.1) is 0 Å². The zero-order chi connectivity index (χ0) is 12.1. The molecular formula is C13H18N2OS. The Balaban J connectivity index is 1.68. The van der Waals surface area contributed by atoms with Gasteiger partial charge in [0.2, 0.25) is 5.91 Å². The van der Waals surface area contributed by atoms with E-state index in [1.54, 1.807) is 16.9 Å². The van der Waals surface area contributed by atoms with E-state index < -0.39 is 0 Å². The van der Waals surface area contributed by atoms with Crippen molar-refractivity contribution in [1.82, 2.24) is 5.32 Å². The summed E-state index contributed by atoms with van der Waals surface area (Å²) in [4.78, 5) is 12.1. The molecule has 1 aliphatic carbocycles. The van der Waals surface area contributed by atoms with E-state index >= 15 is 0 Å². The quantitative estimate of drug-likeness (QED) is 0.602. The van der Waals surface area contributed by atoms with E-state index in [1.807, 2.05) is 11.4 Å². The van der Waals surface area contributed by atoms with E-state index in [0.717, 1.165) is 19.5 Å². The van der Waals surface area contributed by atoms with Crippen molar-refractivity contribution >= 4 is 17.2 Å². The Morgan fingerprint density at radius 3 is 3.06 bits per heavy atom. The summed E-state index contributed by atoms with van der Waals surface area (Å²) in [6.07, 6.45) is 7.35. The predicted molar refractivity (Wildman–Crippen MR) is 71.1 cm³/mol. The van der Waals surface area contributed by atoms with E-state index in [1.165, 1.54) is 24.1 Å². The molecule has 0 radical (unpaired) electrons. The lowest BCUT2D eigenvalue weighted by Crippen LogP contribution is -2.14. The van der Waals surface area contributed by atoms with Gasteiger partial charge in [-0.3, -0.25) is 4.79 Å². The number of hydrogen-bond acceptors (Lipinski definition) is 3. The van der Waals surface area contributed by atoms with Gasteiger partial charge in [-0.1, -0.05) is 11.6 Å². The smallest absolute Gasteiger partial charge is 0.249 e. The number of primary amides is 1. The van der Waals surface area contributed by atoms with Gasteiger partial charge in [-0.15, -0.1) is 11.3 Å². The normalized spacial score (nSPS) is 14.9. The maximum Gasteiger partial charge on any atom is 0.249 e. The van der Waals surface area contributed by atoms with Crippen molar-refractivity contribution in [2.75, 3.05) is 6.54 Å². The van der Waals surface area contributed by atoms with E-state index in [4.69, 9.17) is 5.73 Å². The van der Waals surface area contributed by atoms with Gasteiger partial charge in [0, 0.05) is 16.8 Å². The van der Waals surface area contributed by atoms with Crippen LogP contribution in [0.25, 0.3) is 0 Å². The first kappa shape index (κ1) is 12.3. The number of carbonyl (C=O) groups is 1. The monoisotopic (exact) mass is 250 g/mol. The Morgan fingerprint density at radius 1 is 1.53 bits per heavy atom. The second-order valence-corrected chi connectivity index (χ2v) is 5.34. The van der Waals surface area contributed by atoms with Gasteiger partial charge in [0.05, 0.1) is 5.56 Å². The molecule has 4 heteroatoms. The Kier molecular flexibility index (Phi) is 4.34. The first-order valence-corrected chi connectivity index (χ1v) is 6.89. The molecule has 0 bridgehead atoms. The average Bonchev–Trinajstić information content (AvgIpc) is 2.96. The predicted octanol–water partition coefficient (Wildman–Crippen LogP) is 2.44. The molecule has 0 unspecified atom stereocenters. The molecule has 1 aromatic heterocycles. The zero-order valence-electron chi connectivity index (χ0n) is 9.87. The van der Waals surface area contributed by atoms with Crippen LogP contribution >= 0.6 is 11.3 Å². The Labute approximate surface area is 106 Å². The van der Waals surface area contributed by atoms with Crippen LogP contribution in [0.1, 0.15) is 40.9 Å². The maximum atomic E-state index is 10.9. The Hall–Kier alpha value is -1.13. The third-order valence-electron chi connectivity index (χ3n) is 3.00. The molecule has 0 saturated carbocycles. The first-order chi connectivity index (χ1) is 8.25. The fourth-order valence-corrected chi connectivity index (χ4v) is 2.87. The molecule has 3 nitrogen and oxygen atoms in total. The maximum absolute atomic E-state index is 10.9. The number of hydrogen-bond donors (Lipinski definition) is 2. The third-order valence-corrected chi connectivity index (χ3v) is 3.93. The van der Waals surface area contributed by atoms with Crippen molar-refractivity contribution in [3.8, 4) is 0 Å². The highest BCUT2D eigenvalue weighted by molar-refractivity contribution is 7.10. The molecule has 1 aliphatic rings. The molecule has 1 heterocycles. The largest absolute Gasteiger partial charge is 0.366 e. The molecule has 1 amide bonds. The van der Waals surface area contributed by atoms with E-state index in [2.05, 4.69) is 11.4 Å². The van der Waals surface area contributed by atoms with Crippen molar-refractivity contribution in [3.05, 3.63) is 33.5 Å². The van der Waals surface area contributed by atoms with Crippen LogP contribution in [-0.2, 0) is 6.54 Å². The van der Waals surface area contributed by atoms with Crippen molar-refractivity contribution in [3.63, 3.8) is 0 Å². The minimum Gasteiger partial charge on any atom is -0.366 e. The van der Waals surface area contributed by atoms with Crippen LogP contribution in [0.5, 0.6) is 0 Å². The standard InChI is InChI=1S/C13H18N2OS/c14-13(16)11-7-12(17-9-11)8-15-6-5-10-3-1-2-4-10/h3,7,9,15H,1-2,4-6,8H2,(H2,14,16). The summed E-state index contributed by atoms with van der Waals surface area (Å²) in [5, 5.41) is 5.22. The zero-order valence-corrected chi connectivity index (χ0v) is 10.7. The molecule has 1 aromatic rings. The summed E-state index contributed by atoms with van der Waals surface area (Å²) < 4.78 is 0. The Morgan fingerprint density at radius 2 is 2.41 bits per heavy atom. The summed E-state index contributed by atoms with van der Waals surface area (Å²) in [5.74, 6) is -0.344. The van der Waals surface area contributed by atoms with Crippen molar-refractivity contribution < 1.29 is 4.79 Å². The fraction of sp³-hybridized carbons (Fsp3) is 0.462. The van der Waals surface area contributed by atoms with Crippen molar-refractivity contribution in [2.45, 2.75) is 32.2 Å². The van der Waals surface area contributed by atoms with Crippen molar-refractivity contribution in [2.24, 2.45) is 5.73 Å². The lowest BCUT2D eigenvalue weighted by atomic mass is 10.2. The van der Waals surface area contributed by atoms with Gasteiger partial charge in [0.25, 0.3) is 0 Å². The van der Waals surface area contributed by atoms with Gasteiger partial charge < -0.3 is 11.1 Å². The summed E-state index contributed by atoms with van der Waals surface area (Å²) in [6.45, 7) is 1.83. The lowest BCUT2D eigenvalue weighted by Gasteiger charge is -2.03. The summed E-state index contributed by atoms with van der Waals surface area (Å²) >= 11 is 1.58. The van der Waals surface area contributed by atoms with Gasteiger partial charge in [-0.2, -0.15) is 0 Å². The number of nitrogens with two attached hydrogens (primary N) is 1. The molecule has 0 aromatic carbocycles. The SMILES string of the molecule is NC(=O)c1csc(CNCCC2=CCCC2)c1. The van der Waals surface area contributed by atoms with Crippen molar-refractivity contribution in [1.29, 1.82) is 0 Å². The minimum absolute atomic E-state index is 0.344. The van der Waals surface area contributed by atoms with Crippen LogP contribution in [0.3, 0.4) is 0 Å². The second kappa shape index (κ2) is 5.98. The molecule has 2 rings (SSSR count). The molecule has 0 saturated heterocycles. The van der Waals surface area contributed by atoms with E-state index in [9.17, 15) is 4.79 Å². The number of carbonyl (C=O) groups excluding carboxylic acids is 1. The minimum atomic E-state index is -0.344. The second-order valence-electron chi connectivity index (χ2n) is 4.35. The van der Waals surface area contributed by atoms with Gasteiger partial charge in [-0.05, 0) is 38.3 Å². The molecule has 0 atom stereocenters. The average molecular weight is 250 g/mol.